The zero-order chi connectivity index (χ0) is 14.5. The molecule has 0 radical (unpaired) electrons. The van der Waals surface area contributed by atoms with Gasteiger partial charge < -0.3 is 15.7 Å². The zero-order valence-electron chi connectivity index (χ0n) is 11.1. The van der Waals surface area contributed by atoms with Crippen LogP contribution in [-0.2, 0) is 0 Å². The lowest BCUT2D eigenvalue weighted by atomic mass is 10.1. The predicted octanol–water partition coefficient (Wildman–Crippen LogP) is 3.78. The SMILES string of the molecule is N/C(=N/O)c1ccc(OC2CCCCCC2)c(F)c1Br. The topological polar surface area (TPSA) is 67.8 Å². The minimum atomic E-state index is -0.515. The van der Waals surface area contributed by atoms with Gasteiger partial charge in [0.05, 0.1) is 10.6 Å². The first-order valence-electron chi connectivity index (χ1n) is 6.76. The Morgan fingerprint density at radius 3 is 2.55 bits per heavy atom. The molecule has 1 saturated carbocycles. The fourth-order valence-electron chi connectivity index (χ4n) is 2.41. The number of ether oxygens (including phenoxy) is 1. The lowest BCUT2D eigenvalue weighted by Crippen LogP contribution is -2.18. The summed E-state index contributed by atoms with van der Waals surface area (Å²) in [6, 6.07) is 3.10. The maximum atomic E-state index is 14.3. The largest absolute Gasteiger partial charge is 0.487 e. The summed E-state index contributed by atoms with van der Waals surface area (Å²) >= 11 is 3.13. The molecule has 0 amide bonds. The molecule has 0 saturated heterocycles. The van der Waals surface area contributed by atoms with Crippen molar-refractivity contribution >= 4 is 21.8 Å². The van der Waals surface area contributed by atoms with Crippen molar-refractivity contribution in [3.63, 3.8) is 0 Å². The number of benzene rings is 1. The maximum absolute atomic E-state index is 14.3. The first kappa shape index (κ1) is 15.1. The summed E-state index contributed by atoms with van der Waals surface area (Å²) in [5, 5.41) is 11.5. The van der Waals surface area contributed by atoms with Crippen LogP contribution in [0.25, 0.3) is 0 Å². The first-order valence-corrected chi connectivity index (χ1v) is 7.55. The van der Waals surface area contributed by atoms with Crippen molar-refractivity contribution in [3.05, 3.63) is 28.0 Å². The van der Waals surface area contributed by atoms with E-state index in [1.807, 2.05) is 0 Å². The summed E-state index contributed by atoms with van der Waals surface area (Å²) in [6.45, 7) is 0. The molecule has 2 rings (SSSR count). The number of oxime groups is 1. The Kier molecular flexibility index (Phi) is 5.23. The molecule has 0 spiro atoms. The third kappa shape index (κ3) is 3.42. The summed E-state index contributed by atoms with van der Waals surface area (Å²) < 4.78 is 20.2. The van der Waals surface area contributed by atoms with Crippen molar-refractivity contribution in [2.24, 2.45) is 10.9 Å². The number of nitrogens with two attached hydrogens (primary N) is 1. The second-order valence-electron chi connectivity index (χ2n) is 4.96. The van der Waals surface area contributed by atoms with Crippen LogP contribution < -0.4 is 10.5 Å². The molecule has 1 aromatic carbocycles. The summed E-state index contributed by atoms with van der Waals surface area (Å²) in [5.41, 5.74) is 5.79. The molecular weight excluding hydrogens is 327 g/mol. The van der Waals surface area contributed by atoms with Gasteiger partial charge in [0.15, 0.2) is 17.4 Å². The summed E-state index contributed by atoms with van der Waals surface area (Å²) in [5.74, 6) is -0.451. The Hall–Kier alpha value is -1.30. The number of amidine groups is 1. The normalized spacial score (nSPS) is 17.8. The Bertz CT molecular complexity index is 500. The lowest BCUT2D eigenvalue weighted by molar-refractivity contribution is 0.175. The number of hydrogen-bond donors (Lipinski definition) is 2. The Morgan fingerprint density at radius 2 is 1.95 bits per heavy atom. The molecule has 1 aliphatic carbocycles. The van der Waals surface area contributed by atoms with Crippen LogP contribution in [-0.4, -0.2) is 17.1 Å². The Balaban J connectivity index is 2.18. The summed E-state index contributed by atoms with van der Waals surface area (Å²) in [4.78, 5) is 0. The molecule has 1 aromatic rings. The monoisotopic (exact) mass is 344 g/mol. The molecule has 4 nitrogen and oxygen atoms in total. The van der Waals surface area contributed by atoms with Crippen LogP contribution in [0.4, 0.5) is 4.39 Å². The molecule has 0 bridgehead atoms. The molecule has 110 valence electrons. The van der Waals surface area contributed by atoms with Gasteiger partial charge in [-0.2, -0.15) is 0 Å². The molecule has 0 aliphatic heterocycles. The number of nitrogens with zero attached hydrogens (tertiary/aromatic N) is 1. The molecule has 0 atom stereocenters. The predicted molar refractivity (Wildman–Crippen MR) is 78.7 cm³/mol. The highest BCUT2D eigenvalue weighted by atomic mass is 79.9. The van der Waals surface area contributed by atoms with Gasteiger partial charge in [-0.05, 0) is 53.7 Å². The molecule has 20 heavy (non-hydrogen) atoms. The Labute approximate surface area is 125 Å². The second kappa shape index (κ2) is 6.92. The van der Waals surface area contributed by atoms with Crippen molar-refractivity contribution in [2.75, 3.05) is 0 Å². The summed E-state index contributed by atoms with van der Waals surface area (Å²) in [7, 11) is 0. The van der Waals surface area contributed by atoms with Crippen molar-refractivity contribution in [1.82, 2.24) is 0 Å². The van der Waals surface area contributed by atoms with Crippen LogP contribution in [0.5, 0.6) is 5.75 Å². The number of hydrogen-bond acceptors (Lipinski definition) is 3. The van der Waals surface area contributed by atoms with Crippen LogP contribution in [0.2, 0.25) is 0 Å². The van der Waals surface area contributed by atoms with Crippen molar-refractivity contribution in [2.45, 2.75) is 44.6 Å². The van der Waals surface area contributed by atoms with E-state index in [-0.39, 0.29) is 22.2 Å². The molecule has 0 aromatic heterocycles. The summed E-state index contributed by atoms with van der Waals surface area (Å²) in [6.07, 6.45) is 6.65. The average Bonchev–Trinajstić information content (AvgIpc) is 2.72. The van der Waals surface area contributed by atoms with Gasteiger partial charge in [-0.1, -0.05) is 18.0 Å². The van der Waals surface area contributed by atoms with E-state index in [0.29, 0.717) is 5.56 Å². The van der Waals surface area contributed by atoms with Gasteiger partial charge in [-0.15, -0.1) is 0 Å². The third-order valence-corrected chi connectivity index (χ3v) is 4.30. The fraction of sp³-hybridized carbons (Fsp3) is 0.500. The molecule has 0 heterocycles. The van der Waals surface area contributed by atoms with E-state index in [2.05, 4.69) is 21.1 Å². The number of halogens is 2. The molecule has 1 aliphatic rings. The quantitative estimate of drug-likeness (QED) is 0.288. The van der Waals surface area contributed by atoms with E-state index >= 15 is 0 Å². The Morgan fingerprint density at radius 1 is 1.30 bits per heavy atom. The van der Waals surface area contributed by atoms with Gasteiger partial charge in [-0.25, -0.2) is 4.39 Å². The zero-order valence-corrected chi connectivity index (χ0v) is 12.7. The minimum Gasteiger partial charge on any atom is -0.487 e. The smallest absolute Gasteiger partial charge is 0.179 e. The van der Waals surface area contributed by atoms with E-state index in [0.717, 1.165) is 25.7 Å². The van der Waals surface area contributed by atoms with E-state index in [1.165, 1.54) is 18.9 Å². The highest BCUT2D eigenvalue weighted by Gasteiger charge is 2.19. The van der Waals surface area contributed by atoms with E-state index in [1.54, 1.807) is 6.07 Å². The lowest BCUT2D eigenvalue weighted by Gasteiger charge is -2.18. The van der Waals surface area contributed by atoms with Crippen LogP contribution in [0, 0.1) is 5.82 Å². The van der Waals surface area contributed by atoms with Gasteiger partial charge in [0.2, 0.25) is 0 Å². The van der Waals surface area contributed by atoms with E-state index < -0.39 is 5.82 Å². The van der Waals surface area contributed by atoms with Crippen LogP contribution in [0.15, 0.2) is 21.8 Å². The van der Waals surface area contributed by atoms with Crippen LogP contribution in [0.3, 0.4) is 0 Å². The minimum absolute atomic E-state index is 0.0635. The van der Waals surface area contributed by atoms with Crippen molar-refractivity contribution < 1.29 is 14.3 Å². The van der Waals surface area contributed by atoms with Crippen LogP contribution in [0.1, 0.15) is 44.1 Å². The number of rotatable bonds is 3. The van der Waals surface area contributed by atoms with Gasteiger partial charge in [0.1, 0.15) is 0 Å². The fourth-order valence-corrected chi connectivity index (χ4v) is 2.94. The average molecular weight is 345 g/mol. The maximum Gasteiger partial charge on any atom is 0.179 e. The highest BCUT2D eigenvalue weighted by Crippen LogP contribution is 2.31. The first-order chi connectivity index (χ1) is 9.63. The van der Waals surface area contributed by atoms with Crippen molar-refractivity contribution in [1.29, 1.82) is 0 Å². The van der Waals surface area contributed by atoms with Gasteiger partial charge in [-0.3, -0.25) is 0 Å². The second-order valence-corrected chi connectivity index (χ2v) is 5.75. The molecule has 6 heteroatoms. The molecule has 3 N–H and O–H groups in total. The van der Waals surface area contributed by atoms with Gasteiger partial charge in [0, 0.05) is 5.56 Å². The standard InChI is InChI=1S/C14H18BrFN2O2/c15-12-10(14(17)18-19)7-8-11(13(12)16)20-9-5-3-1-2-4-6-9/h7-9,19H,1-6H2,(H2,17,18). The van der Waals surface area contributed by atoms with E-state index in [4.69, 9.17) is 15.7 Å². The third-order valence-electron chi connectivity index (χ3n) is 3.53. The molecule has 0 unspecified atom stereocenters. The van der Waals surface area contributed by atoms with Crippen molar-refractivity contribution in [3.8, 4) is 5.75 Å². The highest BCUT2D eigenvalue weighted by molar-refractivity contribution is 9.10. The van der Waals surface area contributed by atoms with E-state index in [9.17, 15) is 4.39 Å². The molecule has 1 fully saturated rings. The van der Waals surface area contributed by atoms with Gasteiger partial charge >= 0.3 is 0 Å². The van der Waals surface area contributed by atoms with Gasteiger partial charge in [0.25, 0.3) is 0 Å². The molecular formula is C14H18BrFN2O2. The van der Waals surface area contributed by atoms with Crippen LogP contribution >= 0.6 is 15.9 Å².